The van der Waals surface area contributed by atoms with Crippen LogP contribution >= 0.6 is 11.6 Å². The van der Waals surface area contributed by atoms with Gasteiger partial charge in [-0.15, -0.1) is 0 Å². The van der Waals surface area contributed by atoms with Gasteiger partial charge in [-0.3, -0.25) is 4.21 Å². The van der Waals surface area contributed by atoms with Gasteiger partial charge in [0.25, 0.3) is 0 Å². The maximum absolute atomic E-state index is 12.1. The Morgan fingerprint density at radius 1 is 1.19 bits per heavy atom. The van der Waals surface area contributed by atoms with E-state index in [4.69, 9.17) is 21.6 Å². The van der Waals surface area contributed by atoms with Crippen molar-refractivity contribution in [1.82, 2.24) is 0 Å². The van der Waals surface area contributed by atoms with Crippen LogP contribution in [0.1, 0.15) is 12.0 Å². The number of hydrogen-bond acceptors (Lipinski definition) is 3. The van der Waals surface area contributed by atoms with E-state index in [9.17, 15) is 4.21 Å². The van der Waals surface area contributed by atoms with Crippen LogP contribution in [-0.2, 0) is 10.8 Å². The zero-order valence-electron chi connectivity index (χ0n) is 11.3. The van der Waals surface area contributed by atoms with Crippen LogP contribution in [0.2, 0.25) is 5.02 Å². The highest BCUT2D eigenvalue weighted by molar-refractivity contribution is 7.85. The van der Waals surface area contributed by atoms with Crippen molar-refractivity contribution in [2.75, 3.05) is 12.4 Å². The van der Waals surface area contributed by atoms with Crippen molar-refractivity contribution >= 4 is 22.4 Å². The summed E-state index contributed by atoms with van der Waals surface area (Å²) in [5.74, 6) is 1.24. The number of halogens is 1. The van der Waals surface area contributed by atoms with E-state index in [1.165, 1.54) is 0 Å². The molecule has 0 aliphatic heterocycles. The molecule has 3 nitrogen and oxygen atoms in total. The zero-order valence-corrected chi connectivity index (χ0v) is 12.9. The average Bonchev–Trinajstić information content (AvgIpc) is 2.52. The number of nitriles is 1. The second kappa shape index (κ2) is 7.82. The van der Waals surface area contributed by atoms with Crippen LogP contribution in [-0.4, -0.2) is 16.6 Å². The molecule has 0 aliphatic rings. The molecule has 2 aromatic rings. The Balaban J connectivity index is 1.76. The Morgan fingerprint density at radius 3 is 2.62 bits per heavy atom. The Hall–Kier alpha value is -1.83. The fourth-order valence-corrected chi connectivity index (χ4v) is 3.09. The van der Waals surface area contributed by atoms with Gasteiger partial charge in [-0.05, 0) is 48.9 Å². The van der Waals surface area contributed by atoms with Gasteiger partial charge >= 0.3 is 0 Å². The molecule has 21 heavy (non-hydrogen) atoms. The van der Waals surface area contributed by atoms with Crippen molar-refractivity contribution in [3.05, 3.63) is 59.1 Å². The average molecular weight is 320 g/mol. The van der Waals surface area contributed by atoms with Gasteiger partial charge in [-0.25, -0.2) is 0 Å². The van der Waals surface area contributed by atoms with Crippen molar-refractivity contribution in [3.63, 3.8) is 0 Å². The smallest absolute Gasteiger partial charge is 0.119 e. The van der Waals surface area contributed by atoms with Gasteiger partial charge in [0.2, 0.25) is 0 Å². The van der Waals surface area contributed by atoms with Crippen molar-refractivity contribution in [3.8, 4) is 11.8 Å². The molecule has 0 saturated carbocycles. The lowest BCUT2D eigenvalue weighted by Crippen LogP contribution is -2.05. The molecule has 0 amide bonds. The van der Waals surface area contributed by atoms with Crippen LogP contribution in [0.3, 0.4) is 0 Å². The number of nitrogens with zero attached hydrogens (tertiary/aromatic N) is 1. The first kappa shape index (κ1) is 15.6. The maximum Gasteiger partial charge on any atom is 0.119 e. The summed E-state index contributed by atoms with van der Waals surface area (Å²) < 4.78 is 17.6. The highest BCUT2D eigenvalue weighted by Crippen LogP contribution is 2.15. The van der Waals surface area contributed by atoms with Gasteiger partial charge in [0.15, 0.2) is 0 Å². The summed E-state index contributed by atoms with van der Waals surface area (Å²) in [4.78, 5) is 0.737. The molecule has 1 atom stereocenters. The molecule has 5 heteroatoms. The first-order valence-electron chi connectivity index (χ1n) is 6.46. The third-order valence-electron chi connectivity index (χ3n) is 2.79. The van der Waals surface area contributed by atoms with Crippen LogP contribution in [0.4, 0.5) is 0 Å². The molecular weight excluding hydrogens is 306 g/mol. The van der Waals surface area contributed by atoms with Gasteiger partial charge in [-0.1, -0.05) is 17.7 Å². The Bertz CT molecular complexity index is 665. The molecule has 0 bridgehead atoms. The van der Waals surface area contributed by atoms with E-state index in [2.05, 4.69) is 6.07 Å². The van der Waals surface area contributed by atoms with Gasteiger partial charge in [-0.2, -0.15) is 5.26 Å². The van der Waals surface area contributed by atoms with E-state index in [0.717, 1.165) is 4.90 Å². The van der Waals surface area contributed by atoms with Crippen LogP contribution in [0.15, 0.2) is 53.4 Å². The minimum Gasteiger partial charge on any atom is -0.494 e. The molecule has 0 N–H and O–H groups in total. The molecule has 0 radical (unpaired) electrons. The summed E-state index contributed by atoms with van der Waals surface area (Å²) in [7, 11) is -1.06. The van der Waals surface area contributed by atoms with Gasteiger partial charge in [0.1, 0.15) is 5.75 Å². The van der Waals surface area contributed by atoms with E-state index >= 15 is 0 Å². The van der Waals surface area contributed by atoms with Crippen LogP contribution in [0.5, 0.6) is 5.75 Å². The largest absolute Gasteiger partial charge is 0.494 e. The van der Waals surface area contributed by atoms with Gasteiger partial charge < -0.3 is 4.74 Å². The highest BCUT2D eigenvalue weighted by Gasteiger charge is 2.04. The van der Waals surface area contributed by atoms with Crippen LogP contribution in [0.25, 0.3) is 0 Å². The van der Waals surface area contributed by atoms with Gasteiger partial charge in [0, 0.05) is 15.7 Å². The second-order valence-electron chi connectivity index (χ2n) is 4.35. The van der Waals surface area contributed by atoms with Crippen molar-refractivity contribution in [1.29, 1.82) is 5.26 Å². The number of rotatable bonds is 6. The number of benzene rings is 2. The molecule has 108 valence electrons. The van der Waals surface area contributed by atoms with Crippen molar-refractivity contribution in [2.45, 2.75) is 11.3 Å². The Labute approximate surface area is 131 Å². The number of hydrogen-bond donors (Lipinski definition) is 0. The summed E-state index contributed by atoms with van der Waals surface area (Å²) in [6, 6.07) is 16.1. The molecular formula is C16H14ClNO2S. The summed E-state index contributed by atoms with van der Waals surface area (Å²) >= 11 is 5.87. The normalized spacial score (nSPS) is 11.6. The molecule has 0 aromatic heterocycles. The first-order valence-corrected chi connectivity index (χ1v) is 8.15. The molecule has 0 heterocycles. The predicted molar refractivity (Wildman–Crippen MR) is 84.0 cm³/mol. The summed E-state index contributed by atoms with van der Waals surface area (Å²) in [5.41, 5.74) is 0.601. The van der Waals surface area contributed by atoms with E-state index in [1.807, 2.05) is 6.07 Å². The molecule has 2 rings (SSSR count). The topological polar surface area (TPSA) is 50.1 Å². The second-order valence-corrected chi connectivity index (χ2v) is 6.35. The highest BCUT2D eigenvalue weighted by atomic mass is 35.5. The lowest BCUT2D eigenvalue weighted by Gasteiger charge is -2.06. The van der Waals surface area contributed by atoms with Gasteiger partial charge in [0.05, 0.1) is 29.0 Å². The lowest BCUT2D eigenvalue weighted by molar-refractivity contribution is 0.318. The monoisotopic (exact) mass is 319 g/mol. The van der Waals surface area contributed by atoms with E-state index < -0.39 is 10.8 Å². The molecule has 0 aliphatic carbocycles. The quantitative estimate of drug-likeness (QED) is 0.761. The standard InChI is InChI=1S/C16H14ClNO2S/c17-14-3-1-4-16(11-14)21(19)10-2-9-20-15-7-5-13(12-18)6-8-15/h1,3-8,11H,2,9-10H2. The molecule has 0 spiro atoms. The third-order valence-corrected chi connectivity index (χ3v) is 4.46. The lowest BCUT2D eigenvalue weighted by atomic mass is 10.2. The van der Waals surface area contributed by atoms with E-state index in [-0.39, 0.29) is 0 Å². The van der Waals surface area contributed by atoms with Crippen molar-refractivity contribution in [2.24, 2.45) is 0 Å². The van der Waals surface area contributed by atoms with Crippen LogP contribution in [0, 0.1) is 11.3 Å². The molecule has 0 fully saturated rings. The summed E-state index contributed by atoms with van der Waals surface area (Å²) in [6.45, 7) is 0.484. The van der Waals surface area contributed by atoms with E-state index in [0.29, 0.717) is 35.1 Å². The third kappa shape index (κ3) is 4.89. The summed E-state index contributed by atoms with van der Waals surface area (Å²) in [6.07, 6.45) is 0.680. The minimum absolute atomic E-state index is 0.484. The maximum atomic E-state index is 12.1. The summed E-state index contributed by atoms with van der Waals surface area (Å²) in [5, 5.41) is 9.29. The fraction of sp³-hybridized carbons (Fsp3) is 0.188. The molecule has 1 unspecified atom stereocenters. The Kier molecular flexibility index (Phi) is 5.79. The predicted octanol–water partition coefficient (Wildman–Crippen LogP) is 3.79. The fourth-order valence-electron chi connectivity index (χ4n) is 1.73. The van der Waals surface area contributed by atoms with E-state index in [1.54, 1.807) is 42.5 Å². The molecule has 2 aromatic carbocycles. The minimum atomic E-state index is -1.06. The number of ether oxygens (including phenoxy) is 1. The first-order chi connectivity index (χ1) is 10.2. The van der Waals surface area contributed by atoms with Crippen molar-refractivity contribution < 1.29 is 8.95 Å². The zero-order chi connectivity index (χ0) is 15.1. The Morgan fingerprint density at radius 2 is 1.95 bits per heavy atom. The molecule has 0 saturated heterocycles. The SMILES string of the molecule is N#Cc1ccc(OCCCS(=O)c2cccc(Cl)c2)cc1. The van der Waals surface area contributed by atoms with Crippen LogP contribution < -0.4 is 4.74 Å².